The van der Waals surface area contributed by atoms with Gasteiger partial charge in [-0.15, -0.1) is 24.2 Å². The summed E-state index contributed by atoms with van der Waals surface area (Å²) in [7, 11) is 0. The maximum absolute atomic E-state index is 13.4. The first-order valence-electron chi connectivity index (χ1n) is 6.67. The number of carbonyl (C=O) groups is 1. The third-order valence-corrected chi connectivity index (χ3v) is 4.88. The smallest absolute Gasteiger partial charge is 0.224 e. The molecule has 110 valence electrons. The Morgan fingerprint density at radius 2 is 2.25 bits per heavy atom. The third-order valence-electron chi connectivity index (χ3n) is 3.76. The van der Waals surface area contributed by atoms with E-state index in [1.165, 1.54) is 6.07 Å². The molecule has 2 atom stereocenters. The van der Waals surface area contributed by atoms with Crippen molar-refractivity contribution in [3.8, 4) is 0 Å². The number of rotatable bonds is 2. The minimum Gasteiger partial charge on any atom is -0.349 e. The SMILES string of the molecule is Cl.O=C(NC1CCSc2ccc(F)cc21)C1CCNC1. The molecule has 3 rings (SSSR count). The van der Waals surface area contributed by atoms with E-state index in [1.807, 2.05) is 6.07 Å². The lowest BCUT2D eigenvalue weighted by Gasteiger charge is -2.27. The van der Waals surface area contributed by atoms with Gasteiger partial charge in [-0.3, -0.25) is 4.79 Å². The van der Waals surface area contributed by atoms with Crippen LogP contribution in [0.2, 0.25) is 0 Å². The summed E-state index contributed by atoms with van der Waals surface area (Å²) >= 11 is 1.73. The van der Waals surface area contributed by atoms with E-state index in [-0.39, 0.29) is 36.1 Å². The standard InChI is InChI=1S/C14H17FN2OS.ClH/c15-10-1-2-13-11(7-10)12(4-6-19-13)17-14(18)9-3-5-16-8-9;/h1-2,7,9,12,16H,3-6,8H2,(H,17,18);1H. The van der Waals surface area contributed by atoms with Gasteiger partial charge >= 0.3 is 0 Å². The Balaban J connectivity index is 0.00000147. The van der Waals surface area contributed by atoms with Crippen LogP contribution in [-0.4, -0.2) is 24.7 Å². The maximum Gasteiger partial charge on any atom is 0.224 e. The van der Waals surface area contributed by atoms with Crippen molar-refractivity contribution in [2.24, 2.45) is 5.92 Å². The first-order chi connectivity index (χ1) is 9.24. The lowest BCUT2D eigenvalue weighted by atomic mass is 10.0. The number of halogens is 2. The molecule has 2 heterocycles. The van der Waals surface area contributed by atoms with Gasteiger partial charge in [-0.25, -0.2) is 4.39 Å². The van der Waals surface area contributed by atoms with E-state index >= 15 is 0 Å². The highest BCUT2D eigenvalue weighted by molar-refractivity contribution is 7.99. The van der Waals surface area contributed by atoms with Crippen LogP contribution in [0.4, 0.5) is 4.39 Å². The second kappa shape index (κ2) is 6.78. The van der Waals surface area contributed by atoms with Crippen molar-refractivity contribution in [1.82, 2.24) is 10.6 Å². The van der Waals surface area contributed by atoms with Crippen molar-refractivity contribution in [3.63, 3.8) is 0 Å². The zero-order valence-corrected chi connectivity index (χ0v) is 12.7. The van der Waals surface area contributed by atoms with E-state index in [9.17, 15) is 9.18 Å². The number of hydrogen-bond donors (Lipinski definition) is 2. The molecule has 0 radical (unpaired) electrons. The van der Waals surface area contributed by atoms with Gasteiger partial charge in [0.15, 0.2) is 0 Å². The summed E-state index contributed by atoms with van der Waals surface area (Å²) in [4.78, 5) is 13.2. The highest BCUT2D eigenvalue weighted by Crippen LogP contribution is 2.36. The minimum absolute atomic E-state index is 0. The van der Waals surface area contributed by atoms with E-state index in [2.05, 4.69) is 10.6 Å². The van der Waals surface area contributed by atoms with Crippen LogP contribution >= 0.6 is 24.2 Å². The number of benzene rings is 1. The van der Waals surface area contributed by atoms with Gasteiger partial charge in [0.25, 0.3) is 0 Å². The summed E-state index contributed by atoms with van der Waals surface area (Å²) in [5, 5.41) is 6.28. The molecule has 1 saturated heterocycles. The van der Waals surface area contributed by atoms with Crippen LogP contribution in [0.5, 0.6) is 0 Å². The summed E-state index contributed by atoms with van der Waals surface area (Å²) in [5.74, 6) is 0.888. The molecule has 0 bridgehead atoms. The Morgan fingerprint density at radius 3 is 3.00 bits per heavy atom. The molecule has 2 aliphatic rings. The summed E-state index contributed by atoms with van der Waals surface area (Å²) < 4.78 is 13.4. The van der Waals surface area contributed by atoms with E-state index in [0.29, 0.717) is 0 Å². The van der Waals surface area contributed by atoms with Gasteiger partial charge in [0.2, 0.25) is 5.91 Å². The Hall–Kier alpha value is -0.780. The quantitative estimate of drug-likeness (QED) is 0.881. The largest absolute Gasteiger partial charge is 0.349 e. The fourth-order valence-electron chi connectivity index (χ4n) is 2.68. The van der Waals surface area contributed by atoms with Crippen LogP contribution in [0.3, 0.4) is 0 Å². The van der Waals surface area contributed by atoms with Gasteiger partial charge < -0.3 is 10.6 Å². The average Bonchev–Trinajstić information content (AvgIpc) is 2.93. The highest BCUT2D eigenvalue weighted by atomic mass is 35.5. The Bertz CT molecular complexity index is 494. The van der Waals surface area contributed by atoms with Crippen LogP contribution in [0.25, 0.3) is 0 Å². The summed E-state index contributed by atoms with van der Waals surface area (Å²) in [6.07, 6.45) is 1.76. The third kappa shape index (κ3) is 3.27. The van der Waals surface area contributed by atoms with Crippen molar-refractivity contribution in [1.29, 1.82) is 0 Å². The van der Waals surface area contributed by atoms with Crippen LogP contribution in [0, 0.1) is 11.7 Å². The number of amides is 1. The molecule has 0 aromatic heterocycles. The molecule has 1 amide bonds. The molecule has 2 unspecified atom stereocenters. The van der Waals surface area contributed by atoms with Crippen LogP contribution in [0.1, 0.15) is 24.4 Å². The molecule has 3 nitrogen and oxygen atoms in total. The summed E-state index contributed by atoms with van der Waals surface area (Å²) in [6, 6.07) is 4.81. The van der Waals surface area contributed by atoms with Gasteiger partial charge in [0, 0.05) is 17.2 Å². The van der Waals surface area contributed by atoms with Gasteiger partial charge in [-0.05, 0) is 43.1 Å². The maximum atomic E-state index is 13.4. The molecule has 2 N–H and O–H groups in total. The highest BCUT2D eigenvalue weighted by Gasteiger charge is 2.27. The van der Waals surface area contributed by atoms with E-state index in [1.54, 1.807) is 17.8 Å². The normalized spacial score (nSPS) is 24.6. The average molecular weight is 317 g/mol. The number of hydrogen-bond acceptors (Lipinski definition) is 3. The van der Waals surface area contributed by atoms with E-state index in [0.717, 1.165) is 42.1 Å². The van der Waals surface area contributed by atoms with Crippen LogP contribution < -0.4 is 10.6 Å². The fourth-order valence-corrected chi connectivity index (χ4v) is 3.79. The molecule has 6 heteroatoms. The van der Waals surface area contributed by atoms with E-state index < -0.39 is 0 Å². The molecule has 0 saturated carbocycles. The van der Waals surface area contributed by atoms with Crippen molar-refractivity contribution < 1.29 is 9.18 Å². The van der Waals surface area contributed by atoms with Crippen LogP contribution in [0.15, 0.2) is 23.1 Å². The van der Waals surface area contributed by atoms with Gasteiger partial charge in [-0.2, -0.15) is 0 Å². The van der Waals surface area contributed by atoms with Gasteiger partial charge in [0.05, 0.1) is 12.0 Å². The number of thioether (sulfide) groups is 1. The predicted octanol–water partition coefficient (Wildman–Crippen LogP) is 2.51. The molecule has 0 aliphatic carbocycles. The second-order valence-corrected chi connectivity index (χ2v) is 6.21. The molecular formula is C14H18ClFN2OS. The van der Waals surface area contributed by atoms with Crippen molar-refractivity contribution in [2.45, 2.75) is 23.8 Å². The minimum atomic E-state index is -0.233. The first-order valence-corrected chi connectivity index (χ1v) is 7.66. The van der Waals surface area contributed by atoms with Crippen molar-refractivity contribution in [3.05, 3.63) is 29.6 Å². The molecular weight excluding hydrogens is 299 g/mol. The van der Waals surface area contributed by atoms with Crippen molar-refractivity contribution >= 4 is 30.1 Å². The molecule has 2 aliphatic heterocycles. The molecule has 1 aromatic rings. The molecule has 1 aromatic carbocycles. The predicted molar refractivity (Wildman–Crippen MR) is 80.8 cm³/mol. The lowest BCUT2D eigenvalue weighted by Crippen LogP contribution is -2.36. The van der Waals surface area contributed by atoms with Crippen molar-refractivity contribution in [2.75, 3.05) is 18.8 Å². The molecule has 20 heavy (non-hydrogen) atoms. The van der Waals surface area contributed by atoms with Crippen LogP contribution in [-0.2, 0) is 4.79 Å². The summed E-state index contributed by atoms with van der Waals surface area (Å²) in [5.41, 5.74) is 0.926. The van der Waals surface area contributed by atoms with E-state index in [4.69, 9.17) is 0 Å². The number of nitrogens with one attached hydrogen (secondary N) is 2. The number of carbonyl (C=O) groups excluding carboxylic acids is 1. The topological polar surface area (TPSA) is 41.1 Å². The second-order valence-electron chi connectivity index (χ2n) is 5.07. The zero-order chi connectivity index (χ0) is 13.2. The Kier molecular flexibility index (Phi) is 5.29. The molecule has 0 spiro atoms. The molecule has 1 fully saturated rings. The Labute approximate surface area is 128 Å². The fraction of sp³-hybridized carbons (Fsp3) is 0.500. The first kappa shape index (κ1) is 15.6. The summed E-state index contributed by atoms with van der Waals surface area (Å²) in [6.45, 7) is 1.66. The monoisotopic (exact) mass is 316 g/mol. The lowest BCUT2D eigenvalue weighted by molar-refractivity contribution is -0.125. The zero-order valence-electron chi connectivity index (χ0n) is 11.0. The Morgan fingerprint density at radius 1 is 1.40 bits per heavy atom. The number of fused-ring (bicyclic) bond motifs is 1. The van der Waals surface area contributed by atoms with Gasteiger partial charge in [-0.1, -0.05) is 0 Å². The van der Waals surface area contributed by atoms with Gasteiger partial charge in [0.1, 0.15) is 5.82 Å².